The molecule has 0 aromatic heterocycles. The molecule has 0 atom stereocenters. The smallest absolute Gasteiger partial charge is 0.227 e. The lowest BCUT2D eigenvalue weighted by Gasteiger charge is -2.29. The lowest BCUT2D eigenvalue weighted by molar-refractivity contribution is -0.131. The molecule has 1 rings (SSSR count). The zero-order valence-corrected chi connectivity index (χ0v) is 10.3. The van der Waals surface area contributed by atoms with E-state index in [4.69, 9.17) is 11.5 Å². The molecule has 1 aliphatic carbocycles. The number of nitrogens with two attached hydrogens (primary N) is 2. The van der Waals surface area contributed by atoms with Gasteiger partial charge in [0.25, 0.3) is 0 Å². The highest BCUT2D eigenvalue weighted by molar-refractivity contribution is 5.83. The summed E-state index contributed by atoms with van der Waals surface area (Å²) in [6.45, 7) is 0.700. The minimum atomic E-state index is -0.422. The number of carbonyl (C=O) groups is 2. The van der Waals surface area contributed by atoms with Crippen molar-refractivity contribution in [1.82, 2.24) is 5.32 Å². The third kappa shape index (κ3) is 4.00. The second kappa shape index (κ2) is 6.59. The summed E-state index contributed by atoms with van der Waals surface area (Å²) in [6, 6.07) is 0. The highest BCUT2D eigenvalue weighted by Crippen LogP contribution is 2.34. The van der Waals surface area contributed by atoms with Gasteiger partial charge >= 0.3 is 0 Å². The summed E-state index contributed by atoms with van der Waals surface area (Å²) in [5, 5.41) is 2.78. The van der Waals surface area contributed by atoms with E-state index in [0.717, 1.165) is 25.7 Å². The Labute approximate surface area is 102 Å². The fraction of sp³-hybridized carbons (Fsp3) is 0.833. The maximum Gasteiger partial charge on any atom is 0.227 e. The normalized spacial score (nSPS) is 19.4. The third-order valence-electron chi connectivity index (χ3n) is 3.59. The molecule has 5 heteroatoms. The zero-order valence-electron chi connectivity index (χ0n) is 10.3. The van der Waals surface area contributed by atoms with Crippen LogP contribution in [0.1, 0.15) is 44.9 Å². The summed E-state index contributed by atoms with van der Waals surface area (Å²) < 4.78 is 0. The number of nitrogens with one attached hydrogen (secondary N) is 1. The Bertz CT molecular complexity index is 271. The molecule has 0 aromatic carbocycles. The Balaban J connectivity index is 2.52. The van der Waals surface area contributed by atoms with Crippen LogP contribution in [0.25, 0.3) is 0 Å². The number of hydrogen-bond donors (Lipinski definition) is 3. The molecule has 98 valence electrons. The maximum absolute atomic E-state index is 12.1. The largest absolute Gasteiger partial charge is 0.370 e. The quantitative estimate of drug-likeness (QED) is 0.603. The molecule has 5 N–H and O–H groups in total. The highest BCUT2D eigenvalue weighted by atomic mass is 16.2. The van der Waals surface area contributed by atoms with Gasteiger partial charge in [-0.1, -0.05) is 25.7 Å². The van der Waals surface area contributed by atoms with Gasteiger partial charge in [0.2, 0.25) is 11.8 Å². The minimum absolute atomic E-state index is 0.0110. The van der Waals surface area contributed by atoms with Crippen LogP contribution in [0.3, 0.4) is 0 Å². The Morgan fingerprint density at radius 1 is 1.12 bits per heavy atom. The van der Waals surface area contributed by atoms with E-state index in [1.54, 1.807) is 0 Å². The number of rotatable bonds is 5. The molecule has 0 radical (unpaired) electrons. The van der Waals surface area contributed by atoms with Crippen molar-refractivity contribution in [2.75, 3.05) is 13.1 Å². The first kappa shape index (κ1) is 14.0. The Morgan fingerprint density at radius 3 is 2.18 bits per heavy atom. The van der Waals surface area contributed by atoms with Gasteiger partial charge in [-0.25, -0.2) is 0 Å². The van der Waals surface area contributed by atoms with Gasteiger partial charge in [-0.2, -0.15) is 0 Å². The van der Waals surface area contributed by atoms with E-state index in [-0.39, 0.29) is 12.3 Å². The first-order chi connectivity index (χ1) is 8.10. The lowest BCUT2D eigenvalue weighted by atomic mass is 9.79. The van der Waals surface area contributed by atoms with Gasteiger partial charge in [-0.15, -0.1) is 0 Å². The molecule has 0 aliphatic heterocycles. The van der Waals surface area contributed by atoms with E-state index >= 15 is 0 Å². The van der Waals surface area contributed by atoms with E-state index in [9.17, 15) is 9.59 Å². The van der Waals surface area contributed by atoms with Crippen LogP contribution in [0.2, 0.25) is 0 Å². The molecule has 1 fully saturated rings. The van der Waals surface area contributed by atoms with Crippen molar-refractivity contribution in [1.29, 1.82) is 0 Å². The van der Waals surface area contributed by atoms with Gasteiger partial charge in [0.05, 0.1) is 5.41 Å². The number of primary amides is 1. The molecule has 1 aliphatic rings. The molecular weight excluding hydrogens is 218 g/mol. The van der Waals surface area contributed by atoms with Crippen LogP contribution in [0, 0.1) is 5.41 Å². The minimum Gasteiger partial charge on any atom is -0.370 e. The van der Waals surface area contributed by atoms with Crippen LogP contribution in [-0.4, -0.2) is 24.9 Å². The summed E-state index contributed by atoms with van der Waals surface area (Å²) in [6.07, 6.45) is 6.36. The fourth-order valence-electron chi connectivity index (χ4n) is 2.42. The van der Waals surface area contributed by atoms with Crippen LogP contribution in [0.4, 0.5) is 0 Å². The Kier molecular flexibility index (Phi) is 5.41. The molecule has 17 heavy (non-hydrogen) atoms. The van der Waals surface area contributed by atoms with Gasteiger partial charge in [0.1, 0.15) is 0 Å². The van der Waals surface area contributed by atoms with Crippen LogP contribution >= 0.6 is 0 Å². The molecule has 1 saturated carbocycles. The van der Waals surface area contributed by atoms with Gasteiger partial charge < -0.3 is 16.8 Å². The number of hydrogen-bond acceptors (Lipinski definition) is 3. The molecule has 0 spiro atoms. The topological polar surface area (TPSA) is 98.2 Å². The van der Waals surface area contributed by atoms with Crippen LogP contribution < -0.4 is 16.8 Å². The highest BCUT2D eigenvalue weighted by Gasteiger charge is 2.36. The lowest BCUT2D eigenvalue weighted by Crippen LogP contribution is -2.46. The standard InChI is InChI=1S/C12H23N3O2/c13-9-12(6-3-1-2-4-7-12)11(17)15-8-5-10(14)16/h1-9,13H2,(H2,14,16)(H,15,17). The summed E-state index contributed by atoms with van der Waals surface area (Å²) in [4.78, 5) is 22.7. The van der Waals surface area contributed by atoms with Crippen LogP contribution in [0.15, 0.2) is 0 Å². The van der Waals surface area contributed by atoms with Gasteiger partial charge in [0, 0.05) is 19.5 Å². The van der Waals surface area contributed by atoms with Crippen molar-refractivity contribution < 1.29 is 9.59 Å². The van der Waals surface area contributed by atoms with Crippen molar-refractivity contribution in [3.63, 3.8) is 0 Å². The monoisotopic (exact) mass is 241 g/mol. The van der Waals surface area contributed by atoms with Crippen molar-refractivity contribution in [2.24, 2.45) is 16.9 Å². The van der Waals surface area contributed by atoms with Crippen molar-refractivity contribution in [3.05, 3.63) is 0 Å². The van der Waals surface area contributed by atoms with Gasteiger partial charge in [-0.05, 0) is 12.8 Å². The van der Waals surface area contributed by atoms with Gasteiger partial charge in [0.15, 0.2) is 0 Å². The van der Waals surface area contributed by atoms with E-state index < -0.39 is 11.3 Å². The zero-order chi connectivity index (χ0) is 12.7. The van der Waals surface area contributed by atoms with Crippen molar-refractivity contribution in [2.45, 2.75) is 44.9 Å². The molecule has 0 unspecified atom stereocenters. The molecule has 2 amide bonds. The molecule has 0 heterocycles. The average molecular weight is 241 g/mol. The summed E-state index contributed by atoms with van der Waals surface area (Å²) in [5.41, 5.74) is 10.4. The molecule has 0 bridgehead atoms. The number of amides is 2. The second-order valence-corrected chi connectivity index (χ2v) is 4.87. The van der Waals surface area contributed by atoms with E-state index in [1.165, 1.54) is 12.8 Å². The van der Waals surface area contributed by atoms with Gasteiger partial charge in [-0.3, -0.25) is 9.59 Å². The predicted octanol–water partition coefficient (Wildman–Crippen LogP) is 0.277. The third-order valence-corrected chi connectivity index (χ3v) is 3.59. The SMILES string of the molecule is NCC1(C(=O)NCCC(N)=O)CCCCCC1. The first-order valence-corrected chi connectivity index (χ1v) is 6.37. The molecule has 0 aromatic rings. The molecular formula is C12H23N3O2. The Morgan fingerprint density at radius 2 is 1.71 bits per heavy atom. The van der Waals surface area contributed by atoms with Crippen LogP contribution in [0.5, 0.6) is 0 Å². The summed E-state index contributed by atoms with van der Waals surface area (Å²) in [7, 11) is 0. The maximum atomic E-state index is 12.1. The summed E-state index contributed by atoms with van der Waals surface area (Å²) >= 11 is 0. The van der Waals surface area contributed by atoms with Crippen LogP contribution in [-0.2, 0) is 9.59 Å². The molecule has 5 nitrogen and oxygen atoms in total. The van der Waals surface area contributed by atoms with E-state index in [2.05, 4.69) is 5.32 Å². The van der Waals surface area contributed by atoms with E-state index in [1.807, 2.05) is 0 Å². The van der Waals surface area contributed by atoms with Crippen molar-refractivity contribution >= 4 is 11.8 Å². The Hall–Kier alpha value is -1.10. The summed E-state index contributed by atoms with van der Waals surface area (Å²) in [5.74, 6) is -0.406. The molecule has 0 saturated heterocycles. The van der Waals surface area contributed by atoms with E-state index in [0.29, 0.717) is 13.1 Å². The first-order valence-electron chi connectivity index (χ1n) is 6.37. The predicted molar refractivity (Wildman–Crippen MR) is 66.0 cm³/mol. The van der Waals surface area contributed by atoms with Crippen molar-refractivity contribution in [3.8, 4) is 0 Å². The number of carbonyl (C=O) groups excluding carboxylic acids is 2. The second-order valence-electron chi connectivity index (χ2n) is 4.87. The average Bonchev–Trinajstić information content (AvgIpc) is 2.54. The fourth-order valence-corrected chi connectivity index (χ4v) is 2.42.